The number of nitrogens with two attached hydrogens (primary N) is 1. The Hall–Kier alpha value is -0.680. The highest BCUT2D eigenvalue weighted by Gasteiger charge is 2.24. The molecule has 0 aromatic carbocycles. The first kappa shape index (κ1) is 12.4. The third-order valence-electron chi connectivity index (χ3n) is 2.60. The Labute approximate surface area is 95.5 Å². The largest absolute Gasteiger partial charge is 0.392 e. The molecule has 1 amide bonds. The van der Waals surface area contributed by atoms with E-state index in [1.54, 1.807) is 0 Å². The van der Waals surface area contributed by atoms with E-state index in [4.69, 9.17) is 22.7 Å². The van der Waals surface area contributed by atoms with E-state index >= 15 is 0 Å². The molecule has 0 radical (unpaired) electrons. The number of hydrogen-bond acceptors (Lipinski definition) is 3. The number of ether oxygens (including phenoxy) is 1. The summed E-state index contributed by atoms with van der Waals surface area (Å²) in [6, 6.07) is -0.186. The smallest absolute Gasteiger partial charge is 0.226 e. The molecule has 0 aliphatic carbocycles. The standard InChI is InChI=1S/C10H18N2O2S/c1-2-8(9(11)15)12-10(13)7-4-3-5-14-6-7/h7-8H,2-6H2,1H3,(H2,11,15)(H,12,13). The first-order chi connectivity index (χ1) is 7.15. The van der Waals surface area contributed by atoms with Gasteiger partial charge < -0.3 is 15.8 Å². The number of hydrogen-bond donors (Lipinski definition) is 2. The maximum Gasteiger partial charge on any atom is 0.226 e. The molecule has 0 aromatic rings. The van der Waals surface area contributed by atoms with Crippen molar-refractivity contribution in [1.82, 2.24) is 5.32 Å². The molecule has 3 N–H and O–H groups in total. The Morgan fingerprint density at radius 2 is 2.47 bits per heavy atom. The van der Waals surface area contributed by atoms with Gasteiger partial charge in [0.15, 0.2) is 0 Å². The van der Waals surface area contributed by atoms with Crippen molar-refractivity contribution in [2.45, 2.75) is 32.2 Å². The van der Waals surface area contributed by atoms with E-state index in [0.717, 1.165) is 25.9 Å². The molecule has 2 atom stereocenters. The maximum absolute atomic E-state index is 11.8. The third-order valence-corrected chi connectivity index (χ3v) is 2.88. The van der Waals surface area contributed by atoms with Gasteiger partial charge in [0.2, 0.25) is 5.91 Å². The summed E-state index contributed by atoms with van der Waals surface area (Å²) < 4.78 is 5.25. The minimum Gasteiger partial charge on any atom is -0.392 e. The van der Waals surface area contributed by atoms with Crippen LogP contribution in [0, 0.1) is 5.92 Å². The summed E-state index contributed by atoms with van der Waals surface area (Å²) in [5.74, 6) is -0.0310. The Morgan fingerprint density at radius 3 is 2.93 bits per heavy atom. The van der Waals surface area contributed by atoms with Gasteiger partial charge in [0.05, 0.1) is 23.6 Å². The minimum absolute atomic E-state index is 0.00866. The van der Waals surface area contributed by atoms with Crippen LogP contribution in [0.1, 0.15) is 26.2 Å². The molecule has 1 aliphatic rings. The number of carbonyl (C=O) groups excluding carboxylic acids is 1. The van der Waals surface area contributed by atoms with E-state index in [0.29, 0.717) is 11.6 Å². The fraction of sp³-hybridized carbons (Fsp3) is 0.800. The average Bonchev–Trinajstić information content (AvgIpc) is 2.26. The summed E-state index contributed by atoms with van der Waals surface area (Å²) in [5, 5.41) is 2.85. The molecule has 86 valence electrons. The SMILES string of the molecule is CCC(NC(=O)C1CCCOC1)C(N)=S. The molecule has 0 spiro atoms. The third kappa shape index (κ3) is 3.76. The van der Waals surface area contributed by atoms with Crippen LogP contribution in [-0.2, 0) is 9.53 Å². The normalized spacial score (nSPS) is 23.1. The van der Waals surface area contributed by atoms with Crippen LogP contribution in [0.5, 0.6) is 0 Å². The van der Waals surface area contributed by atoms with Crippen LogP contribution < -0.4 is 11.1 Å². The number of nitrogens with one attached hydrogen (secondary N) is 1. The lowest BCUT2D eigenvalue weighted by atomic mass is 10.0. The average molecular weight is 230 g/mol. The molecule has 15 heavy (non-hydrogen) atoms. The monoisotopic (exact) mass is 230 g/mol. The second-order valence-electron chi connectivity index (χ2n) is 3.79. The van der Waals surface area contributed by atoms with Crippen LogP contribution in [-0.4, -0.2) is 30.2 Å². The molecule has 1 aliphatic heterocycles. The zero-order chi connectivity index (χ0) is 11.3. The molecule has 1 fully saturated rings. The second-order valence-corrected chi connectivity index (χ2v) is 4.26. The van der Waals surface area contributed by atoms with Crippen molar-refractivity contribution in [2.75, 3.05) is 13.2 Å². The molecule has 0 aromatic heterocycles. The van der Waals surface area contributed by atoms with Crippen molar-refractivity contribution in [2.24, 2.45) is 11.7 Å². The van der Waals surface area contributed by atoms with Gasteiger partial charge in [-0.2, -0.15) is 0 Å². The van der Waals surface area contributed by atoms with Crippen molar-refractivity contribution >= 4 is 23.1 Å². The molecule has 0 bridgehead atoms. The van der Waals surface area contributed by atoms with Gasteiger partial charge in [-0.1, -0.05) is 19.1 Å². The fourth-order valence-electron chi connectivity index (χ4n) is 1.61. The van der Waals surface area contributed by atoms with E-state index in [2.05, 4.69) is 5.32 Å². The van der Waals surface area contributed by atoms with Gasteiger partial charge in [-0.3, -0.25) is 4.79 Å². The van der Waals surface area contributed by atoms with Gasteiger partial charge in [0, 0.05) is 6.61 Å². The maximum atomic E-state index is 11.8. The predicted octanol–water partition coefficient (Wildman–Crippen LogP) is 0.594. The van der Waals surface area contributed by atoms with Crippen LogP contribution >= 0.6 is 12.2 Å². The van der Waals surface area contributed by atoms with Crippen LogP contribution in [0.25, 0.3) is 0 Å². The lowest BCUT2D eigenvalue weighted by molar-refractivity contribution is -0.129. The number of carbonyl (C=O) groups is 1. The molecule has 2 unspecified atom stereocenters. The van der Waals surface area contributed by atoms with Crippen molar-refractivity contribution in [3.05, 3.63) is 0 Å². The van der Waals surface area contributed by atoms with Gasteiger partial charge in [0.1, 0.15) is 0 Å². The number of rotatable bonds is 4. The Bertz CT molecular complexity index is 240. The fourth-order valence-corrected chi connectivity index (χ4v) is 1.84. The molecule has 1 heterocycles. The molecule has 1 saturated heterocycles. The summed E-state index contributed by atoms with van der Waals surface area (Å²) >= 11 is 4.87. The Kier molecular flexibility index (Phi) is 4.98. The van der Waals surface area contributed by atoms with E-state index in [1.807, 2.05) is 6.92 Å². The van der Waals surface area contributed by atoms with Crippen molar-refractivity contribution in [3.8, 4) is 0 Å². The van der Waals surface area contributed by atoms with Crippen molar-refractivity contribution < 1.29 is 9.53 Å². The van der Waals surface area contributed by atoms with E-state index < -0.39 is 0 Å². The predicted molar refractivity (Wildman–Crippen MR) is 62.6 cm³/mol. The minimum atomic E-state index is -0.186. The van der Waals surface area contributed by atoms with Crippen LogP contribution in [0.4, 0.5) is 0 Å². The van der Waals surface area contributed by atoms with Gasteiger partial charge in [-0.25, -0.2) is 0 Å². The molecule has 5 heteroatoms. The summed E-state index contributed by atoms with van der Waals surface area (Å²) in [7, 11) is 0. The van der Waals surface area contributed by atoms with Gasteiger partial charge >= 0.3 is 0 Å². The Balaban J connectivity index is 2.42. The Morgan fingerprint density at radius 1 is 1.73 bits per heavy atom. The summed E-state index contributed by atoms with van der Waals surface area (Å²) in [5.41, 5.74) is 5.51. The highest BCUT2D eigenvalue weighted by molar-refractivity contribution is 7.80. The highest BCUT2D eigenvalue weighted by Crippen LogP contribution is 2.13. The van der Waals surface area contributed by atoms with Crippen molar-refractivity contribution in [1.29, 1.82) is 0 Å². The van der Waals surface area contributed by atoms with Crippen LogP contribution in [0.15, 0.2) is 0 Å². The molecular weight excluding hydrogens is 212 g/mol. The zero-order valence-electron chi connectivity index (χ0n) is 8.99. The quantitative estimate of drug-likeness (QED) is 0.694. The molecule has 1 rings (SSSR count). The topological polar surface area (TPSA) is 64.3 Å². The van der Waals surface area contributed by atoms with E-state index in [1.165, 1.54) is 0 Å². The first-order valence-corrected chi connectivity index (χ1v) is 5.73. The summed E-state index contributed by atoms with van der Waals surface area (Å²) in [6.45, 7) is 3.22. The number of thiocarbonyl (C=S) groups is 1. The van der Waals surface area contributed by atoms with Gasteiger partial charge in [-0.05, 0) is 19.3 Å². The van der Waals surface area contributed by atoms with E-state index in [-0.39, 0.29) is 17.9 Å². The highest BCUT2D eigenvalue weighted by atomic mass is 32.1. The second kappa shape index (κ2) is 6.02. The summed E-state index contributed by atoms with van der Waals surface area (Å²) in [4.78, 5) is 12.1. The van der Waals surface area contributed by atoms with Gasteiger partial charge in [-0.15, -0.1) is 0 Å². The first-order valence-electron chi connectivity index (χ1n) is 5.32. The van der Waals surface area contributed by atoms with Crippen LogP contribution in [0.2, 0.25) is 0 Å². The number of amides is 1. The van der Waals surface area contributed by atoms with Gasteiger partial charge in [0.25, 0.3) is 0 Å². The zero-order valence-corrected chi connectivity index (χ0v) is 9.81. The van der Waals surface area contributed by atoms with Crippen molar-refractivity contribution in [3.63, 3.8) is 0 Å². The molecule has 4 nitrogen and oxygen atoms in total. The van der Waals surface area contributed by atoms with E-state index in [9.17, 15) is 4.79 Å². The molecule has 0 saturated carbocycles. The summed E-state index contributed by atoms with van der Waals surface area (Å²) in [6.07, 6.45) is 2.57. The lowest BCUT2D eigenvalue weighted by Gasteiger charge is -2.24. The van der Waals surface area contributed by atoms with Crippen LogP contribution in [0.3, 0.4) is 0 Å². The molecular formula is C10H18N2O2S. The lowest BCUT2D eigenvalue weighted by Crippen LogP contribution is -2.46.